The molecule has 1 unspecified atom stereocenters. The highest BCUT2D eigenvalue weighted by atomic mass is 32.2. The molecule has 0 bridgehead atoms. The standard InChI is InChI=1S/C16H23N3O2S/c20-16(15-11-17-5-8-21-15)18-14-4-2-1-3-13(14)12-19-6-9-22-10-7-19/h1-4,15,17H,5-12H2,(H,18,20). The summed E-state index contributed by atoms with van der Waals surface area (Å²) in [6.07, 6.45) is -0.395. The molecule has 2 fully saturated rings. The SMILES string of the molecule is O=C(Nc1ccccc1CN1CCSCC1)C1CNCCO1. The summed E-state index contributed by atoms with van der Waals surface area (Å²) in [4.78, 5) is 14.8. The number of para-hydroxylation sites is 1. The largest absolute Gasteiger partial charge is 0.366 e. The average molecular weight is 321 g/mol. The number of hydrogen-bond donors (Lipinski definition) is 2. The average Bonchev–Trinajstić information content (AvgIpc) is 2.58. The lowest BCUT2D eigenvalue weighted by atomic mass is 10.1. The lowest BCUT2D eigenvalue weighted by Gasteiger charge is -2.27. The smallest absolute Gasteiger partial charge is 0.254 e. The van der Waals surface area contributed by atoms with Gasteiger partial charge in [-0.15, -0.1) is 0 Å². The molecule has 2 heterocycles. The molecule has 1 atom stereocenters. The van der Waals surface area contributed by atoms with Crippen LogP contribution in [0.5, 0.6) is 0 Å². The van der Waals surface area contributed by atoms with E-state index in [1.807, 2.05) is 30.0 Å². The summed E-state index contributed by atoms with van der Waals surface area (Å²) in [6, 6.07) is 8.06. The van der Waals surface area contributed by atoms with Gasteiger partial charge in [-0.2, -0.15) is 11.8 Å². The maximum atomic E-state index is 12.3. The molecule has 1 aromatic rings. The minimum absolute atomic E-state index is 0.0613. The van der Waals surface area contributed by atoms with E-state index in [1.54, 1.807) is 0 Å². The zero-order valence-electron chi connectivity index (χ0n) is 12.7. The van der Waals surface area contributed by atoms with Crippen LogP contribution in [-0.4, -0.2) is 61.2 Å². The van der Waals surface area contributed by atoms with Crippen molar-refractivity contribution in [3.63, 3.8) is 0 Å². The van der Waals surface area contributed by atoms with E-state index < -0.39 is 6.10 Å². The molecule has 0 spiro atoms. The van der Waals surface area contributed by atoms with Crippen molar-refractivity contribution in [1.29, 1.82) is 0 Å². The third-order valence-corrected chi connectivity index (χ3v) is 4.94. The molecule has 0 saturated carbocycles. The summed E-state index contributed by atoms with van der Waals surface area (Å²) in [6.45, 7) is 5.10. The number of amides is 1. The van der Waals surface area contributed by atoms with Gasteiger partial charge in [-0.05, 0) is 11.6 Å². The van der Waals surface area contributed by atoms with Gasteiger partial charge in [0.25, 0.3) is 5.91 Å². The van der Waals surface area contributed by atoms with E-state index in [0.29, 0.717) is 13.2 Å². The summed E-state index contributed by atoms with van der Waals surface area (Å²) in [5.74, 6) is 2.32. The van der Waals surface area contributed by atoms with Gasteiger partial charge in [-0.3, -0.25) is 9.69 Å². The fraction of sp³-hybridized carbons (Fsp3) is 0.562. The summed E-state index contributed by atoms with van der Waals surface area (Å²) < 4.78 is 5.51. The molecule has 0 radical (unpaired) electrons. The van der Waals surface area contributed by atoms with E-state index in [-0.39, 0.29) is 5.91 Å². The fourth-order valence-corrected chi connectivity index (χ4v) is 3.71. The first-order valence-electron chi connectivity index (χ1n) is 7.84. The van der Waals surface area contributed by atoms with E-state index >= 15 is 0 Å². The van der Waals surface area contributed by atoms with Crippen molar-refractivity contribution >= 4 is 23.4 Å². The van der Waals surface area contributed by atoms with Gasteiger partial charge in [-0.25, -0.2) is 0 Å². The predicted octanol–water partition coefficient (Wildman–Crippen LogP) is 1.16. The number of carbonyl (C=O) groups excluding carboxylic acids is 1. The van der Waals surface area contributed by atoms with Crippen LogP contribution in [0.15, 0.2) is 24.3 Å². The van der Waals surface area contributed by atoms with Crippen molar-refractivity contribution in [2.75, 3.05) is 49.6 Å². The van der Waals surface area contributed by atoms with Crippen molar-refractivity contribution in [2.45, 2.75) is 12.6 Å². The Balaban J connectivity index is 1.63. The zero-order valence-corrected chi connectivity index (χ0v) is 13.5. The molecule has 6 heteroatoms. The predicted molar refractivity (Wildman–Crippen MR) is 90.3 cm³/mol. The Morgan fingerprint density at radius 1 is 1.36 bits per heavy atom. The van der Waals surface area contributed by atoms with E-state index in [0.717, 1.165) is 31.9 Å². The van der Waals surface area contributed by atoms with Gasteiger partial charge < -0.3 is 15.4 Å². The summed E-state index contributed by atoms with van der Waals surface area (Å²) in [7, 11) is 0. The number of rotatable bonds is 4. The number of anilines is 1. The molecule has 1 aromatic carbocycles. The first-order chi connectivity index (χ1) is 10.8. The Morgan fingerprint density at radius 3 is 2.95 bits per heavy atom. The highest BCUT2D eigenvalue weighted by Crippen LogP contribution is 2.20. The van der Waals surface area contributed by atoms with E-state index in [2.05, 4.69) is 21.6 Å². The van der Waals surface area contributed by atoms with Crippen molar-refractivity contribution in [1.82, 2.24) is 10.2 Å². The second-order valence-electron chi connectivity index (χ2n) is 5.60. The van der Waals surface area contributed by atoms with Gasteiger partial charge in [0.05, 0.1) is 6.61 Å². The molecule has 2 N–H and O–H groups in total. The van der Waals surface area contributed by atoms with Gasteiger partial charge in [0, 0.05) is 49.9 Å². The molecule has 3 rings (SSSR count). The number of thioether (sulfide) groups is 1. The van der Waals surface area contributed by atoms with Crippen LogP contribution in [0, 0.1) is 0 Å². The van der Waals surface area contributed by atoms with Crippen LogP contribution in [0.2, 0.25) is 0 Å². The van der Waals surface area contributed by atoms with Crippen LogP contribution >= 0.6 is 11.8 Å². The van der Waals surface area contributed by atoms with Gasteiger partial charge >= 0.3 is 0 Å². The molecule has 0 aliphatic carbocycles. The summed E-state index contributed by atoms with van der Waals surface area (Å²) in [5.41, 5.74) is 2.08. The van der Waals surface area contributed by atoms with Crippen LogP contribution in [-0.2, 0) is 16.1 Å². The highest BCUT2D eigenvalue weighted by molar-refractivity contribution is 7.99. The van der Waals surface area contributed by atoms with Gasteiger partial charge in [0.2, 0.25) is 0 Å². The second-order valence-corrected chi connectivity index (χ2v) is 6.82. The minimum atomic E-state index is -0.395. The molecular weight excluding hydrogens is 298 g/mol. The Morgan fingerprint density at radius 2 is 2.18 bits per heavy atom. The zero-order chi connectivity index (χ0) is 15.2. The lowest BCUT2D eigenvalue weighted by molar-refractivity contribution is -0.128. The molecule has 0 aromatic heterocycles. The first-order valence-corrected chi connectivity index (χ1v) is 8.99. The van der Waals surface area contributed by atoms with E-state index in [1.165, 1.54) is 17.1 Å². The monoisotopic (exact) mass is 321 g/mol. The van der Waals surface area contributed by atoms with Gasteiger partial charge in [0.15, 0.2) is 0 Å². The Kier molecular flexibility index (Phi) is 5.72. The van der Waals surface area contributed by atoms with Crippen LogP contribution in [0.3, 0.4) is 0 Å². The number of benzene rings is 1. The summed E-state index contributed by atoms with van der Waals surface area (Å²) in [5, 5.41) is 6.22. The molecule has 2 aliphatic rings. The molecule has 120 valence electrons. The molecule has 2 aliphatic heterocycles. The number of carbonyl (C=O) groups is 1. The molecule has 2 saturated heterocycles. The quantitative estimate of drug-likeness (QED) is 0.872. The third-order valence-electron chi connectivity index (χ3n) is 3.99. The van der Waals surface area contributed by atoms with E-state index in [4.69, 9.17) is 4.74 Å². The maximum absolute atomic E-state index is 12.3. The number of nitrogens with one attached hydrogen (secondary N) is 2. The molecule has 22 heavy (non-hydrogen) atoms. The van der Waals surface area contributed by atoms with Crippen LogP contribution in [0.1, 0.15) is 5.56 Å². The van der Waals surface area contributed by atoms with E-state index in [9.17, 15) is 4.79 Å². The third kappa shape index (κ3) is 4.23. The first kappa shape index (κ1) is 15.8. The van der Waals surface area contributed by atoms with Crippen molar-refractivity contribution in [3.05, 3.63) is 29.8 Å². The maximum Gasteiger partial charge on any atom is 0.254 e. The van der Waals surface area contributed by atoms with Crippen LogP contribution < -0.4 is 10.6 Å². The fourth-order valence-electron chi connectivity index (χ4n) is 2.73. The topological polar surface area (TPSA) is 53.6 Å². The Hall–Kier alpha value is -1.08. The number of ether oxygens (including phenoxy) is 1. The lowest BCUT2D eigenvalue weighted by Crippen LogP contribution is -2.45. The number of nitrogens with zero attached hydrogens (tertiary/aromatic N) is 1. The van der Waals surface area contributed by atoms with Gasteiger partial charge in [0.1, 0.15) is 6.10 Å². The van der Waals surface area contributed by atoms with Crippen molar-refractivity contribution in [3.8, 4) is 0 Å². The second kappa shape index (κ2) is 7.97. The molecule has 5 nitrogen and oxygen atoms in total. The Labute approximate surface area is 135 Å². The number of morpholine rings is 1. The summed E-state index contributed by atoms with van der Waals surface area (Å²) >= 11 is 2.01. The molecular formula is C16H23N3O2S. The minimum Gasteiger partial charge on any atom is -0.366 e. The Bertz CT molecular complexity index is 500. The van der Waals surface area contributed by atoms with Crippen molar-refractivity contribution in [2.24, 2.45) is 0 Å². The highest BCUT2D eigenvalue weighted by Gasteiger charge is 2.22. The normalized spacial score (nSPS) is 23.2. The van der Waals surface area contributed by atoms with Crippen LogP contribution in [0.25, 0.3) is 0 Å². The van der Waals surface area contributed by atoms with Gasteiger partial charge in [-0.1, -0.05) is 18.2 Å². The van der Waals surface area contributed by atoms with Crippen molar-refractivity contribution < 1.29 is 9.53 Å². The number of hydrogen-bond acceptors (Lipinski definition) is 5. The molecule has 1 amide bonds. The van der Waals surface area contributed by atoms with Crippen LogP contribution in [0.4, 0.5) is 5.69 Å².